The highest BCUT2D eigenvalue weighted by Crippen LogP contribution is 2.25. The van der Waals surface area contributed by atoms with Crippen LogP contribution in [0.15, 0.2) is 90.6 Å². The molecule has 0 fully saturated rings. The summed E-state index contributed by atoms with van der Waals surface area (Å²) < 4.78 is 2.17. The van der Waals surface area contributed by atoms with Crippen molar-refractivity contribution in [2.75, 3.05) is 6.54 Å². The van der Waals surface area contributed by atoms with Gasteiger partial charge in [0.15, 0.2) is 0 Å². The Hall–Kier alpha value is -4.10. The van der Waals surface area contributed by atoms with Gasteiger partial charge >= 0.3 is 0 Å². The minimum atomic E-state index is -0.332. The van der Waals surface area contributed by atoms with Crippen LogP contribution in [0.4, 0.5) is 0 Å². The van der Waals surface area contributed by atoms with Gasteiger partial charge in [0, 0.05) is 35.8 Å². The van der Waals surface area contributed by atoms with Crippen molar-refractivity contribution in [3.8, 4) is 6.07 Å². The van der Waals surface area contributed by atoms with Crippen LogP contribution in [0.1, 0.15) is 28.7 Å². The lowest BCUT2D eigenvalue weighted by molar-refractivity contribution is -0.117. The van der Waals surface area contributed by atoms with Crippen LogP contribution >= 0.6 is 0 Å². The van der Waals surface area contributed by atoms with Crippen molar-refractivity contribution in [1.82, 2.24) is 9.88 Å². The van der Waals surface area contributed by atoms with Gasteiger partial charge in [0.25, 0.3) is 5.91 Å². The van der Waals surface area contributed by atoms with Crippen LogP contribution in [0.5, 0.6) is 0 Å². The summed E-state index contributed by atoms with van der Waals surface area (Å²) in [5.74, 6) is -0.332. The number of nitriles is 1. The van der Waals surface area contributed by atoms with E-state index in [-0.39, 0.29) is 11.5 Å². The highest BCUT2D eigenvalue weighted by atomic mass is 16.1. The molecule has 0 bridgehead atoms. The van der Waals surface area contributed by atoms with E-state index in [1.807, 2.05) is 42.6 Å². The van der Waals surface area contributed by atoms with Crippen molar-refractivity contribution in [2.24, 2.45) is 0 Å². The lowest BCUT2D eigenvalue weighted by Crippen LogP contribution is -2.25. The molecule has 0 radical (unpaired) electrons. The Balaban J connectivity index is 1.50. The van der Waals surface area contributed by atoms with Gasteiger partial charge < -0.3 is 9.88 Å². The van der Waals surface area contributed by atoms with Gasteiger partial charge in [-0.1, -0.05) is 78.4 Å². The number of rotatable bonds is 8. The molecule has 4 aromatic rings. The van der Waals surface area contributed by atoms with Gasteiger partial charge in [0.05, 0.1) is 0 Å². The number of benzene rings is 3. The number of fused-ring (bicyclic) bond motifs is 1. The first-order valence-corrected chi connectivity index (χ1v) is 11.2. The molecular formula is C29H27N3O. The maximum Gasteiger partial charge on any atom is 0.261 e. The first kappa shape index (κ1) is 22.1. The topological polar surface area (TPSA) is 57.8 Å². The molecule has 1 aromatic heterocycles. The van der Waals surface area contributed by atoms with Crippen molar-refractivity contribution < 1.29 is 4.79 Å². The lowest BCUT2D eigenvalue weighted by atomic mass is 10.1. The Bertz CT molecular complexity index is 1330. The molecule has 0 unspecified atom stereocenters. The molecule has 1 amide bonds. The van der Waals surface area contributed by atoms with Crippen molar-refractivity contribution in [3.63, 3.8) is 0 Å². The molecule has 0 aliphatic carbocycles. The van der Waals surface area contributed by atoms with Crippen LogP contribution in [-0.4, -0.2) is 17.0 Å². The summed E-state index contributed by atoms with van der Waals surface area (Å²) in [6.45, 7) is 3.34. The summed E-state index contributed by atoms with van der Waals surface area (Å²) in [4.78, 5) is 12.7. The molecule has 0 spiro atoms. The number of aryl methyl sites for hydroxylation is 2. The van der Waals surface area contributed by atoms with E-state index in [4.69, 9.17) is 0 Å². The molecule has 4 rings (SSSR count). The van der Waals surface area contributed by atoms with Gasteiger partial charge in [-0.3, -0.25) is 4.79 Å². The SMILES string of the molecule is Cc1cccc(Cn2cc(/C=C(/C#N)C(=O)NCCCc3ccccc3)c3ccccc32)c1. The van der Waals surface area contributed by atoms with Crippen LogP contribution in [-0.2, 0) is 17.8 Å². The minimum Gasteiger partial charge on any atom is -0.351 e. The third kappa shape index (κ3) is 5.58. The maximum absolute atomic E-state index is 12.7. The molecule has 0 saturated carbocycles. The van der Waals surface area contributed by atoms with E-state index in [9.17, 15) is 10.1 Å². The largest absolute Gasteiger partial charge is 0.351 e. The zero-order valence-electron chi connectivity index (χ0n) is 18.8. The fourth-order valence-corrected chi connectivity index (χ4v) is 4.07. The molecule has 164 valence electrons. The molecule has 33 heavy (non-hydrogen) atoms. The Morgan fingerprint density at radius 2 is 1.76 bits per heavy atom. The van der Waals surface area contributed by atoms with E-state index >= 15 is 0 Å². The highest BCUT2D eigenvalue weighted by molar-refractivity contribution is 6.04. The van der Waals surface area contributed by atoms with E-state index in [2.05, 4.69) is 65.3 Å². The second-order valence-corrected chi connectivity index (χ2v) is 8.23. The standard InChI is InChI=1S/C29H27N3O/c1-22-9-7-12-24(17-22)20-32-21-26(27-14-5-6-15-28(27)32)18-25(19-30)29(33)31-16-8-13-23-10-3-2-4-11-23/h2-7,9-12,14-15,17-18,21H,8,13,16,20H2,1H3,(H,31,33)/b25-18-. The molecule has 1 N–H and O–H groups in total. The number of para-hydroxylation sites is 1. The average Bonchev–Trinajstić information content (AvgIpc) is 3.18. The highest BCUT2D eigenvalue weighted by Gasteiger charge is 2.12. The first-order valence-electron chi connectivity index (χ1n) is 11.2. The zero-order valence-corrected chi connectivity index (χ0v) is 18.8. The lowest BCUT2D eigenvalue weighted by Gasteiger charge is -2.06. The summed E-state index contributed by atoms with van der Waals surface area (Å²) >= 11 is 0. The molecule has 0 aliphatic heterocycles. The second-order valence-electron chi connectivity index (χ2n) is 8.23. The predicted molar refractivity (Wildman–Crippen MR) is 134 cm³/mol. The first-order chi connectivity index (χ1) is 16.1. The minimum absolute atomic E-state index is 0.119. The number of hydrogen-bond donors (Lipinski definition) is 1. The van der Waals surface area contributed by atoms with Gasteiger partial charge in [-0.2, -0.15) is 5.26 Å². The van der Waals surface area contributed by atoms with Crippen LogP contribution in [0.3, 0.4) is 0 Å². The molecule has 4 heteroatoms. The molecule has 1 heterocycles. The Morgan fingerprint density at radius 3 is 2.55 bits per heavy atom. The van der Waals surface area contributed by atoms with Crippen LogP contribution in [0.25, 0.3) is 17.0 Å². The van der Waals surface area contributed by atoms with Gasteiger partial charge in [-0.05, 0) is 43.0 Å². The number of carbonyl (C=O) groups excluding carboxylic acids is 1. The molecule has 3 aromatic carbocycles. The number of nitrogens with one attached hydrogen (secondary N) is 1. The van der Waals surface area contributed by atoms with Crippen LogP contribution < -0.4 is 5.32 Å². The second kappa shape index (κ2) is 10.5. The van der Waals surface area contributed by atoms with E-state index in [0.29, 0.717) is 6.54 Å². The molecule has 0 atom stereocenters. The van der Waals surface area contributed by atoms with Gasteiger partial charge in [-0.25, -0.2) is 0 Å². The van der Waals surface area contributed by atoms with Crippen LogP contribution in [0.2, 0.25) is 0 Å². The fraction of sp³-hybridized carbons (Fsp3) is 0.172. The van der Waals surface area contributed by atoms with Gasteiger partial charge in [0.2, 0.25) is 0 Å². The Morgan fingerprint density at radius 1 is 1.00 bits per heavy atom. The Kier molecular flexibility index (Phi) is 7.02. The molecule has 0 saturated heterocycles. The van der Waals surface area contributed by atoms with Gasteiger partial charge in [0.1, 0.15) is 11.6 Å². The number of amides is 1. The zero-order chi connectivity index (χ0) is 23.0. The smallest absolute Gasteiger partial charge is 0.261 e. The average molecular weight is 434 g/mol. The fourth-order valence-electron chi connectivity index (χ4n) is 4.07. The van der Waals surface area contributed by atoms with Gasteiger partial charge in [-0.15, -0.1) is 0 Å². The quantitative estimate of drug-likeness (QED) is 0.222. The van der Waals surface area contributed by atoms with Crippen molar-refractivity contribution in [1.29, 1.82) is 5.26 Å². The normalized spacial score (nSPS) is 11.3. The van der Waals surface area contributed by atoms with E-state index in [1.165, 1.54) is 16.7 Å². The van der Waals surface area contributed by atoms with E-state index in [0.717, 1.165) is 35.9 Å². The summed E-state index contributed by atoms with van der Waals surface area (Å²) in [6, 6.07) is 28.8. The Labute approximate surface area is 194 Å². The number of carbonyl (C=O) groups is 1. The summed E-state index contributed by atoms with van der Waals surface area (Å²) in [6.07, 6.45) is 5.43. The predicted octanol–water partition coefficient (Wildman–Crippen LogP) is 5.65. The van der Waals surface area contributed by atoms with Crippen molar-refractivity contribution in [3.05, 3.63) is 113 Å². The molecule has 0 aliphatic rings. The summed E-state index contributed by atoms with van der Waals surface area (Å²) in [5.41, 5.74) is 5.74. The maximum atomic E-state index is 12.7. The number of hydrogen-bond acceptors (Lipinski definition) is 2. The number of nitrogens with zero attached hydrogens (tertiary/aromatic N) is 2. The monoisotopic (exact) mass is 433 g/mol. The van der Waals surface area contributed by atoms with E-state index < -0.39 is 0 Å². The summed E-state index contributed by atoms with van der Waals surface area (Å²) in [5, 5.41) is 13.6. The van der Waals surface area contributed by atoms with Crippen molar-refractivity contribution in [2.45, 2.75) is 26.3 Å². The molecule has 4 nitrogen and oxygen atoms in total. The molecular weight excluding hydrogens is 406 g/mol. The number of aromatic nitrogens is 1. The third-order valence-electron chi connectivity index (χ3n) is 5.69. The van der Waals surface area contributed by atoms with E-state index in [1.54, 1.807) is 6.08 Å². The third-order valence-corrected chi connectivity index (χ3v) is 5.69. The summed E-state index contributed by atoms with van der Waals surface area (Å²) in [7, 11) is 0. The van der Waals surface area contributed by atoms with Crippen molar-refractivity contribution >= 4 is 22.9 Å². The van der Waals surface area contributed by atoms with Crippen LogP contribution in [0, 0.1) is 18.3 Å².